The molecule has 0 spiro atoms. The van der Waals surface area contributed by atoms with E-state index in [0.29, 0.717) is 12.1 Å². The zero-order chi connectivity index (χ0) is 23.9. The van der Waals surface area contributed by atoms with Gasteiger partial charge in [-0.1, -0.05) is 51.1 Å². The Morgan fingerprint density at radius 3 is 2.59 bits per heavy atom. The van der Waals surface area contributed by atoms with Crippen molar-refractivity contribution in [2.45, 2.75) is 81.4 Å². The van der Waals surface area contributed by atoms with Crippen LogP contribution in [0.25, 0.3) is 10.2 Å². The zero-order valence-electron chi connectivity index (χ0n) is 20.1. The van der Waals surface area contributed by atoms with Crippen LogP contribution in [0.5, 0.6) is 0 Å². The molecule has 1 atom stereocenters. The lowest BCUT2D eigenvalue weighted by molar-refractivity contribution is -0.127. The maximum absolute atomic E-state index is 13.6. The second-order valence-corrected chi connectivity index (χ2v) is 12.6. The molecule has 3 heterocycles. The molecule has 2 aromatic heterocycles. The summed E-state index contributed by atoms with van der Waals surface area (Å²) in [5.41, 5.74) is 3.14. The van der Waals surface area contributed by atoms with E-state index in [1.54, 1.807) is 17.7 Å². The van der Waals surface area contributed by atoms with E-state index in [4.69, 9.17) is 0 Å². The number of benzene rings is 1. The highest BCUT2D eigenvalue weighted by Crippen LogP contribution is 2.41. The molecule has 1 aromatic carbocycles. The molecule has 1 aliphatic carbocycles. The first kappa shape index (κ1) is 23.5. The number of likely N-dealkylation sites (tertiary alicyclic amines) is 1. The first-order valence-corrected chi connectivity index (χ1v) is 13.9. The van der Waals surface area contributed by atoms with Crippen molar-refractivity contribution in [2.75, 3.05) is 6.54 Å². The van der Waals surface area contributed by atoms with Crippen LogP contribution in [-0.2, 0) is 23.1 Å². The Morgan fingerprint density at radius 1 is 1.06 bits per heavy atom. The SMILES string of the molecule is CC(C)(C)c1ccc(C(=O)N2CCCC[C@H](Sc3ncnc4sc5c(c34)CCCC5)C2=O)cc1. The van der Waals surface area contributed by atoms with Crippen molar-refractivity contribution < 1.29 is 9.59 Å². The van der Waals surface area contributed by atoms with Crippen LogP contribution in [0, 0.1) is 0 Å². The summed E-state index contributed by atoms with van der Waals surface area (Å²) < 4.78 is 0. The van der Waals surface area contributed by atoms with Gasteiger partial charge in [-0.15, -0.1) is 11.3 Å². The molecule has 0 bridgehead atoms. The number of thioether (sulfide) groups is 1. The average molecular weight is 494 g/mol. The molecule has 2 amide bonds. The third-order valence-corrected chi connectivity index (χ3v) is 9.31. The number of carbonyl (C=O) groups excluding carboxylic acids is 2. The molecule has 7 heteroatoms. The van der Waals surface area contributed by atoms with Crippen LogP contribution in [0.15, 0.2) is 35.6 Å². The van der Waals surface area contributed by atoms with Crippen molar-refractivity contribution in [3.8, 4) is 0 Å². The van der Waals surface area contributed by atoms with Gasteiger partial charge in [0.05, 0.1) is 5.25 Å². The van der Waals surface area contributed by atoms with Crippen LogP contribution in [-0.4, -0.2) is 38.5 Å². The zero-order valence-corrected chi connectivity index (χ0v) is 21.7. The van der Waals surface area contributed by atoms with Crippen molar-refractivity contribution in [1.29, 1.82) is 0 Å². The largest absolute Gasteiger partial charge is 0.278 e. The molecule has 3 aromatic rings. The van der Waals surface area contributed by atoms with E-state index in [2.05, 4.69) is 30.7 Å². The smallest absolute Gasteiger partial charge is 0.260 e. The maximum atomic E-state index is 13.6. The lowest BCUT2D eigenvalue weighted by Crippen LogP contribution is -2.41. The van der Waals surface area contributed by atoms with Gasteiger partial charge in [0.1, 0.15) is 16.2 Å². The molecule has 0 unspecified atom stereocenters. The molecule has 0 radical (unpaired) electrons. The third-order valence-electron chi connectivity index (χ3n) is 6.85. The molecule has 178 valence electrons. The molecule has 34 heavy (non-hydrogen) atoms. The van der Waals surface area contributed by atoms with Gasteiger partial charge in [-0.2, -0.15) is 0 Å². The number of aromatic nitrogens is 2. The molecule has 2 aliphatic rings. The second kappa shape index (κ2) is 9.42. The third kappa shape index (κ3) is 4.52. The van der Waals surface area contributed by atoms with Crippen LogP contribution in [0.2, 0.25) is 0 Å². The fraction of sp³-hybridized carbons (Fsp3) is 0.481. The van der Waals surface area contributed by atoms with E-state index in [1.165, 1.54) is 45.5 Å². The molecule has 1 saturated heterocycles. The molecular weight excluding hydrogens is 462 g/mol. The second-order valence-electron chi connectivity index (χ2n) is 10.3. The molecule has 5 nitrogen and oxygen atoms in total. The quantitative estimate of drug-likeness (QED) is 0.322. The van der Waals surface area contributed by atoms with Crippen molar-refractivity contribution in [3.05, 3.63) is 52.2 Å². The average Bonchev–Trinajstić information content (AvgIpc) is 3.12. The number of rotatable bonds is 3. The summed E-state index contributed by atoms with van der Waals surface area (Å²) in [4.78, 5) is 40.0. The van der Waals surface area contributed by atoms with E-state index in [-0.39, 0.29) is 22.5 Å². The molecular formula is C27H31N3O2S2. The highest BCUT2D eigenvalue weighted by atomic mass is 32.2. The van der Waals surface area contributed by atoms with Crippen LogP contribution < -0.4 is 0 Å². The highest BCUT2D eigenvalue weighted by molar-refractivity contribution is 8.00. The van der Waals surface area contributed by atoms with Crippen molar-refractivity contribution in [3.63, 3.8) is 0 Å². The number of amides is 2. The van der Waals surface area contributed by atoms with Gasteiger partial charge in [0, 0.05) is 22.4 Å². The number of thiophene rings is 1. The van der Waals surface area contributed by atoms with Crippen molar-refractivity contribution >= 4 is 45.1 Å². The summed E-state index contributed by atoms with van der Waals surface area (Å²) in [5.74, 6) is -0.290. The topological polar surface area (TPSA) is 63.2 Å². The predicted molar refractivity (Wildman–Crippen MR) is 139 cm³/mol. The summed E-state index contributed by atoms with van der Waals surface area (Å²) in [6.45, 7) is 6.93. The normalized spacial score (nSPS) is 19.2. The number of nitrogens with zero attached hydrogens (tertiary/aromatic N) is 3. The van der Waals surface area contributed by atoms with Gasteiger partial charge in [-0.25, -0.2) is 9.97 Å². The van der Waals surface area contributed by atoms with Crippen LogP contribution in [0.3, 0.4) is 0 Å². The van der Waals surface area contributed by atoms with E-state index in [9.17, 15) is 9.59 Å². The van der Waals surface area contributed by atoms with Gasteiger partial charge < -0.3 is 0 Å². The van der Waals surface area contributed by atoms with E-state index < -0.39 is 0 Å². The van der Waals surface area contributed by atoms with Crippen molar-refractivity contribution in [2.24, 2.45) is 0 Å². The fourth-order valence-electron chi connectivity index (χ4n) is 4.87. The van der Waals surface area contributed by atoms with Crippen LogP contribution in [0.4, 0.5) is 0 Å². The number of hydrogen-bond donors (Lipinski definition) is 0. The van der Waals surface area contributed by atoms with Gasteiger partial charge in [0.2, 0.25) is 5.91 Å². The summed E-state index contributed by atoms with van der Waals surface area (Å²) in [6.07, 6.45) is 8.72. The van der Waals surface area contributed by atoms with E-state index in [0.717, 1.165) is 47.3 Å². The minimum Gasteiger partial charge on any atom is -0.278 e. The Hall–Kier alpha value is -2.25. The lowest BCUT2D eigenvalue weighted by Gasteiger charge is -2.23. The lowest BCUT2D eigenvalue weighted by atomic mass is 9.86. The molecule has 0 saturated carbocycles. The van der Waals surface area contributed by atoms with E-state index in [1.807, 2.05) is 24.3 Å². The van der Waals surface area contributed by atoms with Gasteiger partial charge in [0.25, 0.3) is 5.91 Å². The Balaban J connectivity index is 1.40. The van der Waals surface area contributed by atoms with Crippen molar-refractivity contribution in [1.82, 2.24) is 14.9 Å². The molecule has 1 fully saturated rings. The summed E-state index contributed by atoms with van der Waals surface area (Å²) >= 11 is 3.30. The maximum Gasteiger partial charge on any atom is 0.260 e. The standard InChI is InChI=1S/C27H31N3O2S2/c1-27(2,3)18-13-11-17(12-14-18)25(31)30-15-7-6-10-21(26(30)32)34-24-22-19-8-4-5-9-20(19)33-23(22)28-16-29-24/h11-14,16,21H,4-10,15H2,1-3H3/t21-/m0/s1. The number of imide groups is 1. The Labute approximate surface area is 209 Å². The first-order chi connectivity index (χ1) is 16.3. The van der Waals surface area contributed by atoms with Gasteiger partial charge >= 0.3 is 0 Å². The first-order valence-electron chi connectivity index (χ1n) is 12.2. The summed E-state index contributed by atoms with van der Waals surface area (Å²) in [6, 6.07) is 7.71. The minimum atomic E-state index is -0.308. The predicted octanol–water partition coefficient (Wildman–Crippen LogP) is 6.18. The monoisotopic (exact) mass is 493 g/mol. The van der Waals surface area contributed by atoms with Gasteiger partial charge in [-0.05, 0) is 67.2 Å². The molecule has 1 aliphatic heterocycles. The Bertz CT molecular complexity index is 1230. The Kier molecular flexibility index (Phi) is 6.51. The Morgan fingerprint density at radius 2 is 1.82 bits per heavy atom. The van der Waals surface area contributed by atoms with Crippen LogP contribution in [0.1, 0.15) is 79.2 Å². The van der Waals surface area contributed by atoms with E-state index >= 15 is 0 Å². The molecule has 5 rings (SSSR count). The van der Waals surface area contributed by atoms with Crippen LogP contribution >= 0.6 is 23.1 Å². The summed E-state index contributed by atoms with van der Waals surface area (Å²) in [5, 5.41) is 1.73. The minimum absolute atomic E-state index is 0.0193. The number of aryl methyl sites for hydroxylation is 2. The fourth-order valence-corrected chi connectivity index (χ4v) is 7.39. The number of carbonyl (C=O) groups is 2. The van der Waals surface area contributed by atoms with Gasteiger partial charge in [-0.3, -0.25) is 14.5 Å². The number of hydrogen-bond acceptors (Lipinski definition) is 6. The molecule has 0 N–H and O–H groups in total. The highest BCUT2D eigenvalue weighted by Gasteiger charge is 2.33. The van der Waals surface area contributed by atoms with Gasteiger partial charge in [0.15, 0.2) is 0 Å². The summed E-state index contributed by atoms with van der Waals surface area (Å²) in [7, 11) is 0. The number of fused-ring (bicyclic) bond motifs is 3.